The van der Waals surface area contributed by atoms with Gasteiger partial charge < -0.3 is 10.1 Å². The van der Waals surface area contributed by atoms with E-state index >= 15 is 0 Å². The number of amides is 1. The molecule has 3 heteroatoms. The van der Waals surface area contributed by atoms with E-state index in [1.165, 1.54) is 30.4 Å². The number of benzene rings is 1. The minimum absolute atomic E-state index is 0.256. The summed E-state index contributed by atoms with van der Waals surface area (Å²) in [6.45, 7) is 0.802. The zero-order valence-corrected chi connectivity index (χ0v) is 12.2. The first kappa shape index (κ1) is 13.5. The lowest BCUT2D eigenvalue weighted by atomic mass is 9.81. The molecule has 1 fully saturated rings. The lowest BCUT2D eigenvalue weighted by Crippen LogP contribution is -2.27. The van der Waals surface area contributed by atoms with Crippen LogP contribution in [0.25, 0.3) is 0 Å². The highest BCUT2D eigenvalue weighted by atomic mass is 16.5. The topological polar surface area (TPSA) is 38.3 Å². The predicted molar refractivity (Wildman–Crippen MR) is 79.0 cm³/mol. The Morgan fingerprint density at radius 2 is 2.20 bits per heavy atom. The molecular formula is C17H23NO2. The van der Waals surface area contributed by atoms with Crippen molar-refractivity contribution in [2.45, 2.75) is 44.4 Å². The van der Waals surface area contributed by atoms with Crippen molar-refractivity contribution in [1.82, 2.24) is 5.32 Å². The first-order chi connectivity index (χ1) is 9.78. The third kappa shape index (κ3) is 2.97. The lowest BCUT2D eigenvalue weighted by Gasteiger charge is -2.26. The molecule has 1 saturated carbocycles. The van der Waals surface area contributed by atoms with Crippen molar-refractivity contribution < 1.29 is 9.53 Å². The minimum atomic E-state index is 0.256. The molecule has 0 radical (unpaired) electrons. The highest BCUT2D eigenvalue weighted by Gasteiger charge is 2.29. The molecule has 2 aliphatic rings. The summed E-state index contributed by atoms with van der Waals surface area (Å²) in [6.07, 6.45) is 6.84. The number of ether oxygens (including phenoxy) is 1. The number of aryl methyl sites for hydroxylation is 1. The zero-order chi connectivity index (χ0) is 13.9. The van der Waals surface area contributed by atoms with Gasteiger partial charge in [0.05, 0.1) is 7.11 Å². The van der Waals surface area contributed by atoms with E-state index in [1.54, 1.807) is 7.11 Å². The van der Waals surface area contributed by atoms with Crippen LogP contribution in [0, 0.1) is 5.92 Å². The van der Waals surface area contributed by atoms with Gasteiger partial charge in [-0.15, -0.1) is 0 Å². The van der Waals surface area contributed by atoms with Gasteiger partial charge >= 0.3 is 0 Å². The Balaban J connectivity index is 1.61. The summed E-state index contributed by atoms with van der Waals surface area (Å²) < 4.78 is 5.34. The van der Waals surface area contributed by atoms with Gasteiger partial charge in [-0.1, -0.05) is 6.07 Å². The van der Waals surface area contributed by atoms with Gasteiger partial charge in [-0.2, -0.15) is 0 Å². The van der Waals surface area contributed by atoms with E-state index in [2.05, 4.69) is 23.5 Å². The van der Waals surface area contributed by atoms with Crippen molar-refractivity contribution >= 4 is 5.91 Å². The Kier molecular flexibility index (Phi) is 3.95. The molecule has 2 aliphatic carbocycles. The van der Waals surface area contributed by atoms with Crippen LogP contribution in [0.3, 0.4) is 0 Å². The first-order valence-corrected chi connectivity index (χ1v) is 7.72. The van der Waals surface area contributed by atoms with Crippen LogP contribution < -0.4 is 10.1 Å². The van der Waals surface area contributed by atoms with E-state index < -0.39 is 0 Å². The number of carbonyl (C=O) groups is 1. The van der Waals surface area contributed by atoms with Gasteiger partial charge in [0.1, 0.15) is 5.75 Å². The molecule has 3 nitrogen and oxygen atoms in total. The van der Waals surface area contributed by atoms with Crippen molar-refractivity contribution in [3.63, 3.8) is 0 Å². The van der Waals surface area contributed by atoms with Gasteiger partial charge in [0.15, 0.2) is 0 Å². The summed E-state index contributed by atoms with van der Waals surface area (Å²) >= 11 is 0. The number of nitrogens with one attached hydrogen (secondary N) is 1. The van der Waals surface area contributed by atoms with Gasteiger partial charge in [0, 0.05) is 12.5 Å². The van der Waals surface area contributed by atoms with E-state index in [0.29, 0.717) is 11.8 Å². The van der Waals surface area contributed by atoms with Crippen molar-refractivity contribution in [2.75, 3.05) is 13.7 Å². The normalized spacial score (nSPS) is 21.1. The molecular weight excluding hydrogens is 250 g/mol. The summed E-state index contributed by atoms with van der Waals surface area (Å²) in [5.74, 6) is 2.08. The number of methoxy groups -OCH3 is 1. The molecule has 0 unspecified atom stereocenters. The number of fused-ring (bicyclic) bond motifs is 1. The molecule has 0 saturated heterocycles. The number of rotatable bonds is 5. The SMILES string of the molecule is COc1ccc2c(c1)[C@@H](CCNC(=O)C1CC1)CCC2. The largest absolute Gasteiger partial charge is 0.497 e. The highest BCUT2D eigenvalue weighted by molar-refractivity contribution is 5.80. The van der Waals surface area contributed by atoms with Gasteiger partial charge in [0.25, 0.3) is 0 Å². The summed E-state index contributed by atoms with van der Waals surface area (Å²) in [5.41, 5.74) is 2.88. The fourth-order valence-electron chi connectivity index (χ4n) is 3.16. The van der Waals surface area contributed by atoms with Crippen LogP contribution in [-0.4, -0.2) is 19.6 Å². The van der Waals surface area contributed by atoms with E-state index in [4.69, 9.17) is 4.74 Å². The van der Waals surface area contributed by atoms with Crippen molar-refractivity contribution in [1.29, 1.82) is 0 Å². The molecule has 3 rings (SSSR count). The Hall–Kier alpha value is -1.51. The van der Waals surface area contributed by atoms with Crippen LogP contribution in [0.4, 0.5) is 0 Å². The van der Waals surface area contributed by atoms with Crippen LogP contribution in [0.15, 0.2) is 18.2 Å². The summed E-state index contributed by atoms with van der Waals surface area (Å²) in [4.78, 5) is 11.7. The molecule has 1 amide bonds. The van der Waals surface area contributed by atoms with E-state index in [9.17, 15) is 4.79 Å². The minimum Gasteiger partial charge on any atom is -0.497 e. The summed E-state index contributed by atoms with van der Waals surface area (Å²) in [7, 11) is 1.72. The standard InChI is InChI=1S/C17H23NO2/c1-20-15-8-7-12-3-2-4-13(16(12)11-15)9-10-18-17(19)14-5-6-14/h7-8,11,13-14H,2-6,9-10H2,1H3,(H,18,19)/t13-/m1/s1. The molecule has 20 heavy (non-hydrogen) atoms. The predicted octanol–water partition coefficient (Wildman–Crippen LogP) is 3.03. The number of hydrogen-bond donors (Lipinski definition) is 1. The van der Waals surface area contributed by atoms with E-state index in [-0.39, 0.29) is 5.91 Å². The molecule has 108 valence electrons. The highest BCUT2D eigenvalue weighted by Crippen LogP contribution is 2.36. The molecule has 1 N–H and O–H groups in total. The van der Waals surface area contributed by atoms with Gasteiger partial charge in [0.2, 0.25) is 5.91 Å². The smallest absolute Gasteiger partial charge is 0.223 e. The molecule has 0 spiro atoms. The molecule has 0 heterocycles. The van der Waals surface area contributed by atoms with Crippen LogP contribution in [0.5, 0.6) is 5.75 Å². The maximum atomic E-state index is 11.7. The van der Waals surface area contributed by atoms with Crippen LogP contribution in [-0.2, 0) is 11.2 Å². The maximum absolute atomic E-state index is 11.7. The van der Waals surface area contributed by atoms with Crippen LogP contribution in [0.1, 0.15) is 49.1 Å². The van der Waals surface area contributed by atoms with Crippen molar-refractivity contribution in [2.24, 2.45) is 5.92 Å². The van der Waals surface area contributed by atoms with Crippen LogP contribution in [0.2, 0.25) is 0 Å². The summed E-state index contributed by atoms with van der Waals surface area (Å²) in [5, 5.41) is 3.08. The Morgan fingerprint density at radius 1 is 1.35 bits per heavy atom. The quantitative estimate of drug-likeness (QED) is 0.895. The first-order valence-electron chi connectivity index (χ1n) is 7.72. The van der Waals surface area contributed by atoms with Crippen molar-refractivity contribution in [3.05, 3.63) is 29.3 Å². The number of carbonyl (C=O) groups excluding carboxylic acids is 1. The fraction of sp³-hybridized carbons (Fsp3) is 0.588. The molecule has 0 aliphatic heterocycles. The fourth-order valence-corrected chi connectivity index (χ4v) is 3.16. The Labute approximate surface area is 120 Å². The van der Waals surface area contributed by atoms with Gasteiger partial charge in [-0.05, 0) is 67.7 Å². The number of hydrogen-bond acceptors (Lipinski definition) is 2. The summed E-state index contributed by atoms with van der Waals surface area (Å²) in [6, 6.07) is 6.43. The maximum Gasteiger partial charge on any atom is 0.223 e. The van der Waals surface area contributed by atoms with Crippen molar-refractivity contribution in [3.8, 4) is 5.75 Å². The molecule has 1 atom stereocenters. The Bertz CT molecular complexity index is 494. The monoisotopic (exact) mass is 273 g/mol. The van der Waals surface area contributed by atoms with E-state index in [0.717, 1.165) is 31.6 Å². The second-order valence-electron chi connectivity index (χ2n) is 6.01. The molecule has 1 aromatic rings. The van der Waals surface area contributed by atoms with Gasteiger partial charge in [-0.3, -0.25) is 4.79 Å². The lowest BCUT2D eigenvalue weighted by molar-refractivity contribution is -0.122. The second-order valence-corrected chi connectivity index (χ2v) is 6.01. The van der Waals surface area contributed by atoms with Gasteiger partial charge in [-0.25, -0.2) is 0 Å². The second kappa shape index (κ2) is 5.86. The molecule has 0 aromatic heterocycles. The average Bonchev–Trinajstić information content (AvgIpc) is 3.31. The molecule has 0 bridgehead atoms. The molecule has 1 aromatic carbocycles. The average molecular weight is 273 g/mol. The van der Waals surface area contributed by atoms with Crippen LogP contribution >= 0.6 is 0 Å². The van der Waals surface area contributed by atoms with E-state index in [1.807, 2.05) is 0 Å². The third-order valence-corrected chi connectivity index (χ3v) is 4.53. The zero-order valence-electron chi connectivity index (χ0n) is 12.2. The third-order valence-electron chi connectivity index (χ3n) is 4.53. The Morgan fingerprint density at radius 3 is 2.95 bits per heavy atom.